The highest BCUT2D eigenvalue weighted by atomic mass is 32.1. The van der Waals surface area contributed by atoms with Gasteiger partial charge in [-0.1, -0.05) is 0 Å². The van der Waals surface area contributed by atoms with Gasteiger partial charge in [-0.25, -0.2) is 4.98 Å². The minimum absolute atomic E-state index is 0.0147. The van der Waals surface area contributed by atoms with E-state index < -0.39 is 23.7 Å². The van der Waals surface area contributed by atoms with Gasteiger partial charge < -0.3 is 11.1 Å². The number of alkyl halides is 3. The lowest BCUT2D eigenvalue weighted by Crippen LogP contribution is -2.18. The van der Waals surface area contributed by atoms with Crippen molar-refractivity contribution in [2.24, 2.45) is 5.73 Å². The Bertz CT molecular complexity index is 1070. The molecule has 0 atom stereocenters. The van der Waals surface area contributed by atoms with Crippen molar-refractivity contribution in [2.45, 2.75) is 33.0 Å². The number of nitrogens with two attached hydrogens (primary N) is 1. The van der Waals surface area contributed by atoms with Crippen LogP contribution in [0.25, 0.3) is 10.2 Å². The van der Waals surface area contributed by atoms with Crippen LogP contribution in [0.4, 0.5) is 18.9 Å². The van der Waals surface area contributed by atoms with Crippen LogP contribution >= 0.6 is 11.3 Å². The Hall–Kier alpha value is -2.95. The fourth-order valence-electron chi connectivity index (χ4n) is 2.73. The molecule has 0 bridgehead atoms. The molecule has 0 saturated heterocycles. The summed E-state index contributed by atoms with van der Waals surface area (Å²) in [5.41, 5.74) is 5.56. The second-order valence-electron chi connectivity index (χ2n) is 6.25. The van der Waals surface area contributed by atoms with Crippen molar-refractivity contribution in [3.05, 3.63) is 40.2 Å². The average molecular weight is 411 g/mol. The zero-order valence-corrected chi connectivity index (χ0v) is 15.7. The van der Waals surface area contributed by atoms with Crippen molar-refractivity contribution in [3.8, 4) is 0 Å². The smallest absolute Gasteiger partial charge is 0.365 e. The molecule has 28 heavy (non-hydrogen) atoms. The molecule has 3 aromatic heterocycles. The maximum atomic E-state index is 13.0. The topological polar surface area (TPSA) is 103 Å². The molecule has 3 rings (SSSR count). The first-order valence-electron chi connectivity index (χ1n) is 8.16. The molecule has 148 valence electrons. The number of primary amides is 1. The van der Waals surface area contributed by atoms with Gasteiger partial charge in [-0.15, -0.1) is 11.3 Å². The van der Waals surface area contributed by atoms with Gasteiger partial charge in [0.1, 0.15) is 15.4 Å². The van der Waals surface area contributed by atoms with Gasteiger partial charge in [0.25, 0.3) is 5.91 Å². The largest absolute Gasteiger partial charge is 0.433 e. The van der Waals surface area contributed by atoms with E-state index >= 15 is 0 Å². The summed E-state index contributed by atoms with van der Waals surface area (Å²) in [5, 5.41) is 6.95. The third kappa shape index (κ3) is 3.98. The van der Waals surface area contributed by atoms with Crippen LogP contribution < -0.4 is 11.1 Å². The maximum absolute atomic E-state index is 13.0. The fraction of sp³-hybridized carbons (Fsp3) is 0.294. The highest BCUT2D eigenvalue weighted by Crippen LogP contribution is 2.39. The molecule has 0 fully saturated rings. The number of hydrogen-bond acceptors (Lipinski definition) is 5. The quantitative estimate of drug-likeness (QED) is 0.673. The number of carbonyl (C=O) groups is 2. The van der Waals surface area contributed by atoms with Crippen LogP contribution in [-0.4, -0.2) is 26.6 Å². The zero-order chi connectivity index (χ0) is 20.6. The van der Waals surface area contributed by atoms with Crippen molar-refractivity contribution >= 4 is 39.1 Å². The van der Waals surface area contributed by atoms with Gasteiger partial charge in [0.2, 0.25) is 5.91 Å². The number of carbonyl (C=O) groups excluding carboxylic acids is 2. The summed E-state index contributed by atoms with van der Waals surface area (Å²) in [4.78, 5) is 27.6. The Labute approximate surface area is 161 Å². The molecule has 3 N–H and O–H groups in total. The molecule has 11 heteroatoms. The predicted octanol–water partition coefficient (Wildman–Crippen LogP) is 3.26. The first kappa shape index (κ1) is 19.8. The number of fused-ring (bicyclic) bond motifs is 1. The SMILES string of the molecule is Cc1cnn(CCC(=O)Nc2c(C(N)=O)sc3nc(C(F)(F)F)cc(C)c23)c1. The number of amides is 2. The lowest BCUT2D eigenvalue weighted by molar-refractivity contribution is -0.141. The molecule has 0 unspecified atom stereocenters. The van der Waals surface area contributed by atoms with E-state index in [1.165, 1.54) is 6.92 Å². The van der Waals surface area contributed by atoms with Crippen molar-refractivity contribution in [3.63, 3.8) is 0 Å². The number of aromatic nitrogens is 3. The number of anilines is 1. The number of thiophene rings is 1. The van der Waals surface area contributed by atoms with Crippen LogP contribution in [0.15, 0.2) is 18.5 Å². The molecule has 0 aliphatic heterocycles. The summed E-state index contributed by atoms with van der Waals surface area (Å²) < 4.78 is 40.6. The van der Waals surface area contributed by atoms with Crippen LogP contribution in [0.3, 0.4) is 0 Å². The molecule has 0 saturated carbocycles. The number of pyridine rings is 1. The Morgan fingerprint density at radius 2 is 2.04 bits per heavy atom. The van der Waals surface area contributed by atoms with E-state index in [4.69, 9.17) is 5.73 Å². The van der Waals surface area contributed by atoms with Crippen LogP contribution in [-0.2, 0) is 17.5 Å². The van der Waals surface area contributed by atoms with Crippen molar-refractivity contribution < 1.29 is 22.8 Å². The molecule has 7 nitrogen and oxygen atoms in total. The van der Waals surface area contributed by atoms with E-state index in [-0.39, 0.29) is 32.8 Å². The summed E-state index contributed by atoms with van der Waals surface area (Å²) in [5.74, 6) is -1.27. The second-order valence-corrected chi connectivity index (χ2v) is 7.25. The van der Waals surface area contributed by atoms with E-state index in [9.17, 15) is 22.8 Å². The van der Waals surface area contributed by atoms with Crippen LogP contribution in [0.2, 0.25) is 0 Å². The minimum Gasteiger partial charge on any atom is -0.365 e. The summed E-state index contributed by atoms with van der Waals surface area (Å²) in [6.07, 6.45) is -1.14. The summed E-state index contributed by atoms with van der Waals surface area (Å²) >= 11 is 0.718. The minimum atomic E-state index is -4.62. The Morgan fingerprint density at radius 3 is 2.61 bits per heavy atom. The van der Waals surface area contributed by atoms with Crippen LogP contribution in [0, 0.1) is 13.8 Å². The molecule has 0 aromatic carbocycles. The summed E-state index contributed by atoms with van der Waals surface area (Å²) in [7, 11) is 0. The zero-order valence-electron chi connectivity index (χ0n) is 14.9. The third-order valence-corrected chi connectivity index (χ3v) is 5.07. The Balaban J connectivity index is 1.93. The number of nitrogens with one attached hydrogen (secondary N) is 1. The number of hydrogen-bond donors (Lipinski definition) is 2. The Morgan fingerprint density at radius 1 is 1.32 bits per heavy atom. The van der Waals surface area contributed by atoms with E-state index in [1.807, 2.05) is 6.92 Å². The molecule has 0 radical (unpaired) electrons. The molecule has 2 amide bonds. The van der Waals surface area contributed by atoms with E-state index in [0.717, 1.165) is 23.0 Å². The normalized spacial score (nSPS) is 11.8. The first-order valence-corrected chi connectivity index (χ1v) is 8.98. The molecule has 0 aliphatic rings. The highest BCUT2D eigenvalue weighted by Gasteiger charge is 2.34. The molecule has 0 aliphatic carbocycles. The van der Waals surface area contributed by atoms with Crippen molar-refractivity contribution in [2.75, 3.05) is 5.32 Å². The molecular weight excluding hydrogens is 395 g/mol. The lowest BCUT2D eigenvalue weighted by Gasteiger charge is -2.10. The van der Waals surface area contributed by atoms with Gasteiger partial charge >= 0.3 is 6.18 Å². The molecule has 3 heterocycles. The van der Waals surface area contributed by atoms with Gasteiger partial charge in [0, 0.05) is 24.5 Å². The van der Waals surface area contributed by atoms with Gasteiger partial charge in [0.15, 0.2) is 0 Å². The standard InChI is InChI=1S/C17H16F3N5O2S/c1-8-6-22-25(7-8)4-3-11(26)24-13-12-9(2)5-10(17(18,19)20)23-16(12)28-14(13)15(21)27/h5-7H,3-4H2,1-2H3,(H2,21,27)(H,24,26). The van der Waals surface area contributed by atoms with Gasteiger partial charge in [-0.3, -0.25) is 14.3 Å². The van der Waals surface area contributed by atoms with E-state index in [2.05, 4.69) is 15.4 Å². The first-order chi connectivity index (χ1) is 13.1. The number of nitrogens with zero attached hydrogens (tertiary/aromatic N) is 3. The van der Waals surface area contributed by atoms with Crippen molar-refractivity contribution in [1.29, 1.82) is 0 Å². The van der Waals surface area contributed by atoms with Crippen LogP contribution in [0.5, 0.6) is 0 Å². The van der Waals surface area contributed by atoms with Gasteiger partial charge in [-0.2, -0.15) is 18.3 Å². The van der Waals surface area contributed by atoms with Crippen molar-refractivity contribution in [1.82, 2.24) is 14.8 Å². The maximum Gasteiger partial charge on any atom is 0.433 e. The number of halogens is 3. The summed E-state index contributed by atoms with van der Waals surface area (Å²) in [6.45, 7) is 3.63. The number of rotatable bonds is 5. The van der Waals surface area contributed by atoms with E-state index in [1.54, 1.807) is 17.1 Å². The Kier molecular flexibility index (Phi) is 5.11. The predicted molar refractivity (Wildman–Crippen MR) is 98.1 cm³/mol. The monoisotopic (exact) mass is 411 g/mol. The van der Waals surface area contributed by atoms with E-state index in [0.29, 0.717) is 6.54 Å². The third-order valence-electron chi connectivity index (χ3n) is 3.97. The van der Waals surface area contributed by atoms with Gasteiger partial charge in [-0.05, 0) is 31.0 Å². The molecular formula is C17H16F3N5O2S. The second kappa shape index (κ2) is 7.23. The fourth-order valence-corrected chi connectivity index (χ4v) is 3.79. The van der Waals surface area contributed by atoms with Crippen LogP contribution in [0.1, 0.15) is 32.9 Å². The summed E-state index contributed by atoms with van der Waals surface area (Å²) in [6, 6.07) is 0.877. The highest BCUT2D eigenvalue weighted by molar-refractivity contribution is 7.21. The lowest BCUT2D eigenvalue weighted by atomic mass is 10.1. The average Bonchev–Trinajstić information content (AvgIpc) is 3.16. The number of aryl methyl sites for hydroxylation is 3. The van der Waals surface area contributed by atoms with Gasteiger partial charge in [0.05, 0.1) is 11.9 Å². The molecule has 3 aromatic rings. The molecule has 0 spiro atoms.